The summed E-state index contributed by atoms with van der Waals surface area (Å²) in [5.41, 5.74) is 1.01. The summed E-state index contributed by atoms with van der Waals surface area (Å²) in [6.07, 6.45) is 1.62. The van der Waals surface area contributed by atoms with E-state index in [4.69, 9.17) is 0 Å². The molecule has 0 bridgehead atoms. The number of anilines is 1. The highest BCUT2D eigenvalue weighted by molar-refractivity contribution is 7.20. The first-order valence-corrected chi connectivity index (χ1v) is 7.26. The molecule has 0 fully saturated rings. The molecular formula is C15H11N3O3S. The Balaban J connectivity index is 1.89. The van der Waals surface area contributed by atoms with Crippen molar-refractivity contribution < 1.29 is 9.72 Å². The Morgan fingerprint density at radius 1 is 1.27 bits per heavy atom. The molecule has 22 heavy (non-hydrogen) atoms. The number of nitro groups is 1. The quantitative estimate of drug-likeness (QED) is 0.589. The topological polar surface area (TPSA) is 85.1 Å². The van der Waals surface area contributed by atoms with Gasteiger partial charge in [0.1, 0.15) is 5.82 Å². The minimum Gasteiger partial charge on any atom is -0.306 e. The van der Waals surface area contributed by atoms with Gasteiger partial charge in [-0.1, -0.05) is 0 Å². The molecule has 0 atom stereocenters. The first-order valence-electron chi connectivity index (χ1n) is 6.45. The number of rotatable bonds is 3. The second-order valence-electron chi connectivity index (χ2n) is 4.76. The fourth-order valence-electron chi connectivity index (χ4n) is 2.04. The van der Waals surface area contributed by atoms with Crippen LogP contribution in [-0.4, -0.2) is 15.8 Å². The molecule has 7 heteroatoms. The van der Waals surface area contributed by atoms with Crippen molar-refractivity contribution >= 4 is 38.8 Å². The highest BCUT2D eigenvalue weighted by Crippen LogP contribution is 2.29. The van der Waals surface area contributed by atoms with Crippen LogP contribution < -0.4 is 5.32 Å². The lowest BCUT2D eigenvalue weighted by Crippen LogP contribution is -2.11. The van der Waals surface area contributed by atoms with Gasteiger partial charge in [0, 0.05) is 28.4 Å². The second kappa shape index (κ2) is 5.53. The summed E-state index contributed by atoms with van der Waals surface area (Å²) in [4.78, 5) is 27.1. The number of nitro benzene ring substituents is 1. The van der Waals surface area contributed by atoms with Crippen LogP contribution >= 0.6 is 11.3 Å². The van der Waals surface area contributed by atoms with Crippen molar-refractivity contribution in [3.8, 4) is 0 Å². The van der Waals surface area contributed by atoms with Gasteiger partial charge in [0.15, 0.2) is 0 Å². The summed E-state index contributed by atoms with van der Waals surface area (Å²) < 4.78 is 0.827. The molecule has 1 aromatic carbocycles. The maximum Gasteiger partial charge on any atom is 0.270 e. The zero-order chi connectivity index (χ0) is 15.7. The molecule has 0 aliphatic heterocycles. The van der Waals surface area contributed by atoms with Crippen LogP contribution in [0.3, 0.4) is 0 Å². The Labute approximate surface area is 129 Å². The number of nitrogens with zero attached hydrogens (tertiary/aromatic N) is 2. The first-order chi connectivity index (χ1) is 10.5. The third kappa shape index (κ3) is 2.79. The molecule has 0 unspecified atom stereocenters. The standard InChI is InChI=1S/C15H11N3O3S/c1-9-4-5-16-14(6-9)17-15(19)13-8-10-7-11(18(20)21)2-3-12(10)22-13/h2-8H,1H3,(H,16,17,19). The molecule has 6 nitrogen and oxygen atoms in total. The number of amides is 1. The van der Waals surface area contributed by atoms with Crippen LogP contribution in [0, 0.1) is 17.0 Å². The van der Waals surface area contributed by atoms with Gasteiger partial charge >= 0.3 is 0 Å². The van der Waals surface area contributed by atoms with E-state index in [9.17, 15) is 14.9 Å². The van der Waals surface area contributed by atoms with Gasteiger partial charge < -0.3 is 5.32 Å². The molecule has 1 N–H and O–H groups in total. The number of pyridine rings is 1. The highest BCUT2D eigenvalue weighted by atomic mass is 32.1. The molecule has 3 aromatic rings. The van der Waals surface area contributed by atoms with Gasteiger partial charge in [-0.05, 0) is 36.8 Å². The highest BCUT2D eigenvalue weighted by Gasteiger charge is 2.13. The lowest BCUT2D eigenvalue weighted by molar-refractivity contribution is -0.384. The molecule has 1 amide bonds. The molecule has 110 valence electrons. The summed E-state index contributed by atoms with van der Waals surface area (Å²) >= 11 is 1.29. The summed E-state index contributed by atoms with van der Waals surface area (Å²) in [7, 11) is 0. The lowest BCUT2D eigenvalue weighted by Gasteiger charge is -2.02. The third-order valence-corrected chi connectivity index (χ3v) is 4.21. The molecule has 0 saturated carbocycles. The van der Waals surface area contributed by atoms with Crippen LogP contribution in [0.1, 0.15) is 15.2 Å². The van der Waals surface area contributed by atoms with Crippen molar-refractivity contribution in [3.63, 3.8) is 0 Å². The van der Waals surface area contributed by atoms with E-state index in [2.05, 4.69) is 10.3 Å². The average molecular weight is 313 g/mol. The molecule has 0 saturated heterocycles. The van der Waals surface area contributed by atoms with E-state index in [0.717, 1.165) is 10.3 Å². The predicted octanol–water partition coefficient (Wildman–Crippen LogP) is 3.77. The number of non-ortho nitro benzene ring substituents is 1. The van der Waals surface area contributed by atoms with Crippen LogP contribution in [0.5, 0.6) is 0 Å². The van der Waals surface area contributed by atoms with Crippen LogP contribution in [0.15, 0.2) is 42.6 Å². The van der Waals surface area contributed by atoms with Gasteiger partial charge in [-0.2, -0.15) is 0 Å². The van der Waals surface area contributed by atoms with E-state index in [1.165, 1.54) is 23.5 Å². The number of benzene rings is 1. The fraction of sp³-hybridized carbons (Fsp3) is 0.0667. The molecule has 0 aliphatic carbocycles. The first kappa shape index (κ1) is 14.2. The largest absolute Gasteiger partial charge is 0.306 e. The van der Waals surface area contributed by atoms with Crippen molar-refractivity contribution in [2.24, 2.45) is 0 Å². The van der Waals surface area contributed by atoms with Crippen LogP contribution in [0.25, 0.3) is 10.1 Å². The van der Waals surface area contributed by atoms with Gasteiger partial charge in [0.2, 0.25) is 0 Å². The Hall–Kier alpha value is -2.80. The van der Waals surface area contributed by atoms with Gasteiger partial charge in [0.05, 0.1) is 9.80 Å². The van der Waals surface area contributed by atoms with Crippen LogP contribution in [-0.2, 0) is 0 Å². The number of hydrogen-bond acceptors (Lipinski definition) is 5. The smallest absolute Gasteiger partial charge is 0.270 e. The van der Waals surface area contributed by atoms with Crippen LogP contribution in [0.4, 0.5) is 11.5 Å². The van der Waals surface area contributed by atoms with Crippen molar-refractivity contribution in [2.75, 3.05) is 5.32 Å². The zero-order valence-electron chi connectivity index (χ0n) is 11.6. The Bertz CT molecular complexity index is 889. The average Bonchev–Trinajstić information content (AvgIpc) is 2.90. The molecule has 3 rings (SSSR count). The second-order valence-corrected chi connectivity index (χ2v) is 5.85. The lowest BCUT2D eigenvalue weighted by atomic mass is 10.2. The molecule has 0 aliphatic rings. The number of nitrogens with one attached hydrogen (secondary N) is 1. The van der Waals surface area contributed by atoms with Gasteiger partial charge in [-0.25, -0.2) is 4.98 Å². The molecule has 2 aromatic heterocycles. The Kier molecular flexibility index (Phi) is 3.56. The van der Waals surface area contributed by atoms with E-state index < -0.39 is 4.92 Å². The fourth-order valence-corrected chi connectivity index (χ4v) is 2.98. The minimum absolute atomic E-state index is 0.0117. The number of aryl methyl sites for hydroxylation is 1. The molecule has 2 heterocycles. The summed E-state index contributed by atoms with van der Waals surface area (Å²) in [5.74, 6) is 0.204. The zero-order valence-corrected chi connectivity index (χ0v) is 12.4. The van der Waals surface area contributed by atoms with Crippen LogP contribution in [0.2, 0.25) is 0 Å². The molecule has 0 spiro atoms. The van der Waals surface area contributed by atoms with Crippen molar-refractivity contribution in [2.45, 2.75) is 6.92 Å². The number of carbonyl (C=O) groups excluding carboxylic acids is 1. The van der Waals surface area contributed by atoms with Gasteiger partial charge in [-0.3, -0.25) is 14.9 Å². The molecule has 0 radical (unpaired) electrons. The van der Waals surface area contributed by atoms with E-state index in [1.807, 2.05) is 13.0 Å². The van der Waals surface area contributed by atoms with Crippen molar-refractivity contribution in [1.82, 2.24) is 4.98 Å². The summed E-state index contributed by atoms with van der Waals surface area (Å²) in [5, 5.41) is 14.2. The number of carbonyl (C=O) groups is 1. The number of aromatic nitrogens is 1. The maximum absolute atomic E-state index is 12.2. The van der Waals surface area contributed by atoms with E-state index >= 15 is 0 Å². The van der Waals surface area contributed by atoms with Crippen molar-refractivity contribution in [1.29, 1.82) is 0 Å². The monoisotopic (exact) mass is 313 g/mol. The Morgan fingerprint density at radius 3 is 2.82 bits per heavy atom. The van der Waals surface area contributed by atoms with Crippen molar-refractivity contribution in [3.05, 3.63) is 63.1 Å². The summed E-state index contributed by atoms with van der Waals surface area (Å²) in [6.45, 7) is 1.91. The number of fused-ring (bicyclic) bond motifs is 1. The van der Waals surface area contributed by atoms with E-state index in [-0.39, 0.29) is 11.6 Å². The normalized spacial score (nSPS) is 10.6. The Morgan fingerprint density at radius 2 is 2.09 bits per heavy atom. The van der Waals surface area contributed by atoms with Gasteiger partial charge in [-0.15, -0.1) is 11.3 Å². The van der Waals surface area contributed by atoms with E-state index in [0.29, 0.717) is 16.1 Å². The predicted molar refractivity (Wildman–Crippen MR) is 85.4 cm³/mol. The van der Waals surface area contributed by atoms with Gasteiger partial charge in [0.25, 0.3) is 11.6 Å². The number of hydrogen-bond donors (Lipinski definition) is 1. The molecular weight excluding hydrogens is 302 g/mol. The maximum atomic E-state index is 12.2. The minimum atomic E-state index is -0.451. The summed E-state index contributed by atoms with van der Waals surface area (Å²) in [6, 6.07) is 9.82. The third-order valence-electron chi connectivity index (χ3n) is 3.09. The SMILES string of the molecule is Cc1ccnc(NC(=O)c2cc3cc([N+](=O)[O-])ccc3s2)c1. The number of thiophene rings is 1. The van der Waals surface area contributed by atoms with E-state index in [1.54, 1.807) is 24.4 Å².